The Morgan fingerprint density at radius 2 is 1.97 bits per heavy atom. The summed E-state index contributed by atoms with van der Waals surface area (Å²) in [6.45, 7) is 1.54. The monoisotopic (exact) mass is 430 g/mol. The molecule has 0 aliphatic carbocycles. The maximum atomic E-state index is 12.1. The lowest BCUT2D eigenvalue weighted by Gasteiger charge is -2.10. The van der Waals surface area contributed by atoms with Crippen LogP contribution in [-0.2, 0) is 16.2 Å². The zero-order valence-corrected chi connectivity index (χ0v) is 16.7. The lowest BCUT2D eigenvalue weighted by Crippen LogP contribution is -2.23. The van der Waals surface area contributed by atoms with Gasteiger partial charge in [0.25, 0.3) is 5.91 Å². The normalized spacial score (nSPS) is 14.6. The molecule has 0 saturated heterocycles. The van der Waals surface area contributed by atoms with E-state index < -0.39 is 11.9 Å². The van der Waals surface area contributed by atoms with Crippen LogP contribution in [0.25, 0.3) is 6.08 Å². The number of carboxylic acid groups (broad SMARTS) is 1. The molecule has 7 nitrogen and oxygen atoms in total. The number of aromatic carboxylic acids is 1. The number of hydrogen-bond acceptors (Lipinski definition) is 5. The zero-order valence-electron chi connectivity index (χ0n) is 15.1. The number of carboxylic acids is 1. The summed E-state index contributed by atoms with van der Waals surface area (Å²) in [5.74, 6) is -1.28. The molecule has 2 aromatic rings. The smallest absolute Gasteiger partial charge is 0.335 e. The third-order valence-corrected chi connectivity index (χ3v) is 4.89. The van der Waals surface area contributed by atoms with E-state index in [9.17, 15) is 14.4 Å². The molecule has 29 heavy (non-hydrogen) atoms. The molecule has 0 fully saturated rings. The van der Waals surface area contributed by atoms with Crippen LogP contribution >= 0.6 is 23.4 Å². The van der Waals surface area contributed by atoms with Crippen molar-refractivity contribution in [3.8, 4) is 5.75 Å². The molecular formula is C20H15ClN2O5S. The van der Waals surface area contributed by atoms with Crippen LogP contribution in [0.5, 0.6) is 5.75 Å². The quantitative estimate of drug-likeness (QED) is 0.700. The van der Waals surface area contributed by atoms with Gasteiger partial charge in [-0.15, -0.1) is 0 Å². The molecule has 0 saturated carbocycles. The third kappa shape index (κ3) is 5.46. The fourth-order valence-corrected chi connectivity index (χ4v) is 3.45. The van der Waals surface area contributed by atoms with E-state index in [0.717, 1.165) is 17.3 Å². The fourth-order valence-electron chi connectivity index (χ4n) is 2.42. The first-order chi connectivity index (χ1) is 13.8. The molecule has 2 amide bonds. The van der Waals surface area contributed by atoms with E-state index in [0.29, 0.717) is 21.2 Å². The molecule has 1 aliphatic heterocycles. The van der Waals surface area contributed by atoms with E-state index in [1.165, 1.54) is 19.1 Å². The first-order valence-corrected chi connectivity index (χ1v) is 9.56. The van der Waals surface area contributed by atoms with Gasteiger partial charge in [-0.2, -0.15) is 4.99 Å². The van der Waals surface area contributed by atoms with Gasteiger partial charge in [-0.3, -0.25) is 9.59 Å². The van der Waals surface area contributed by atoms with Gasteiger partial charge in [0.05, 0.1) is 10.5 Å². The van der Waals surface area contributed by atoms with E-state index in [1.807, 2.05) is 0 Å². The molecule has 0 unspecified atom stereocenters. The minimum atomic E-state index is -0.997. The number of amides is 2. The van der Waals surface area contributed by atoms with Crippen LogP contribution < -0.4 is 10.1 Å². The molecule has 1 aliphatic rings. The Bertz CT molecular complexity index is 1050. The highest BCUT2D eigenvalue weighted by Crippen LogP contribution is 2.32. The van der Waals surface area contributed by atoms with Crippen LogP contribution in [0.2, 0.25) is 5.02 Å². The van der Waals surface area contributed by atoms with Crippen LogP contribution in [0.1, 0.15) is 28.4 Å². The molecule has 0 atom stereocenters. The molecule has 0 radical (unpaired) electrons. The van der Waals surface area contributed by atoms with Crippen molar-refractivity contribution in [1.29, 1.82) is 0 Å². The number of aliphatic imine (C=N–C) groups is 1. The van der Waals surface area contributed by atoms with E-state index in [1.54, 1.807) is 36.4 Å². The van der Waals surface area contributed by atoms with Crippen LogP contribution in [-0.4, -0.2) is 28.1 Å². The van der Waals surface area contributed by atoms with Gasteiger partial charge in [-0.05, 0) is 53.7 Å². The standard InChI is InChI=1S/C20H15ClN2O5S/c1-11(24)22-20-23-18(25)17(29-20)9-14-8-15(21)6-7-16(14)28-10-12-2-4-13(5-3-12)19(26)27/h2-9H,10H2,1H3,(H,26,27)(H,22,23,24,25)/b17-9+. The maximum Gasteiger partial charge on any atom is 0.335 e. The number of thioether (sulfide) groups is 1. The van der Waals surface area contributed by atoms with Gasteiger partial charge >= 0.3 is 5.97 Å². The Kier molecular flexibility index (Phi) is 6.36. The summed E-state index contributed by atoms with van der Waals surface area (Å²) in [6, 6.07) is 11.3. The van der Waals surface area contributed by atoms with Crippen LogP contribution in [0.3, 0.4) is 0 Å². The average Bonchev–Trinajstić information content (AvgIpc) is 2.99. The van der Waals surface area contributed by atoms with Crippen molar-refractivity contribution < 1.29 is 24.2 Å². The highest BCUT2D eigenvalue weighted by atomic mass is 35.5. The second-order valence-electron chi connectivity index (χ2n) is 5.99. The Hall–Kier alpha value is -3.10. The highest BCUT2D eigenvalue weighted by molar-refractivity contribution is 8.18. The van der Waals surface area contributed by atoms with Gasteiger partial charge < -0.3 is 15.2 Å². The van der Waals surface area contributed by atoms with Gasteiger partial charge in [0.2, 0.25) is 5.91 Å². The number of ether oxygens (including phenoxy) is 1. The summed E-state index contributed by atoms with van der Waals surface area (Å²) in [5.41, 5.74) is 1.55. The number of nitrogens with one attached hydrogen (secondary N) is 1. The number of hydrogen-bond donors (Lipinski definition) is 2. The Morgan fingerprint density at radius 1 is 1.24 bits per heavy atom. The van der Waals surface area contributed by atoms with Crippen molar-refractivity contribution in [3.05, 3.63) is 69.1 Å². The topological polar surface area (TPSA) is 105 Å². The van der Waals surface area contributed by atoms with E-state index in [2.05, 4.69) is 10.3 Å². The largest absolute Gasteiger partial charge is 0.488 e. The Balaban J connectivity index is 1.77. The van der Waals surface area contributed by atoms with Crippen LogP contribution in [0.15, 0.2) is 52.4 Å². The molecule has 2 N–H and O–H groups in total. The molecule has 0 spiro atoms. The van der Waals surface area contributed by atoms with Crippen molar-refractivity contribution in [3.63, 3.8) is 0 Å². The van der Waals surface area contributed by atoms with Gasteiger partial charge in [0, 0.05) is 17.5 Å². The number of amidine groups is 1. The molecule has 0 aromatic heterocycles. The number of benzene rings is 2. The number of rotatable bonds is 5. The third-order valence-electron chi connectivity index (χ3n) is 3.76. The highest BCUT2D eigenvalue weighted by Gasteiger charge is 2.23. The second-order valence-corrected chi connectivity index (χ2v) is 7.45. The SMILES string of the molecule is CC(=O)NC1=NC(=O)/C(=C\c2cc(Cl)ccc2OCc2ccc(C(=O)O)cc2)S1. The predicted octanol–water partition coefficient (Wildman–Crippen LogP) is 3.72. The summed E-state index contributed by atoms with van der Waals surface area (Å²) in [5, 5.41) is 12.1. The fraction of sp³-hybridized carbons (Fsp3) is 0.100. The number of nitrogens with zero attached hydrogens (tertiary/aromatic N) is 1. The number of halogens is 1. The van der Waals surface area contributed by atoms with Crippen molar-refractivity contribution in [2.24, 2.45) is 4.99 Å². The summed E-state index contributed by atoms with van der Waals surface area (Å²) in [7, 11) is 0. The van der Waals surface area contributed by atoms with Crippen molar-refractivity contribution in [1.82, 2.24) is 5.32 Å². The molecule has 148 valence electrons. The van der Waals surface area contributed by atoms with Gasteiger partial charge in [-0.1, -0.05) is 23.7 Å². The summed E-state index contributed by atoms with van der Waals surface area (Å²) >= 11 is 7.13. The zero-order chi connectivity index (χ0) is 21.0. The molecule has 9 heteroatoms. The van der Waals surface area contributed by atoms with Crippen LogP contribution in [0, 0.1) is 0 Å². The first-order valence-electron chi connectivity index (χ1n) is 8.36. The number of carbonyl (C=O) groups excluding carboxylic acids is 2. The summed E-state index contributed by atoms with van der Waals surface area (Å²) in [4.78, 5) is 38.3. The van der Waals surface area contributed by atoms with Crippen LogP contribution in [0.4, 0.5) is 0 Å². The minimum Gasteiger partial charge on any atom is -0.488 e. The predicted molar refractivity (Wildman–Crippen MR) is 111 cm³/mol. The summed E-state index contributed by atoms with van der Waals surface area (Å²) < 4.78 is 5.84. The number of carbonyl (C=O) groups is 3. The van der Waals surface area contributed by atoms with Gasteiger partial charge in [0.1, 0.15) is 12.4 Å². The Labute approximate surface area is 175 Å². The summed E-state index contributed by atoms with van der Waals surface area (Å²) in [6.07, 6.45) is 1.60. The van der Waals surface area contributed by atoms with Gasteiger partial charge in [0.15, 0.2) is 5.17 Å². The minimum absolute atomic E-state index is 0.192. The first kappa shape index (κ1) is 20.6. The molecule has 3 rings (SSSR count). The van der Waals surface area contributed by atoms with E-state index >= 15 is 0 Å². The van der Waals surface area contributed by atoms with E-state index in [-0.39, 0.29) is 23.2 Å². The molecule has 1 heterocycles. The average molecular weight is 431 g/mol. The molecular weight excluding hydrogens is 416 g/mol. The van der Waals surface area contributed by atoms with Crippen molar-refractivity contribution in [2.75, 3.05) is 0 Å². The van der Waals surface area contributed by atoms with Crippen molar-refractivity contribution >= 4 is 52.4 Å². The maximum absolute atomic E-state index is 12.1. The van der Waals surface area contributed by atoms with E-state index in [4.69, 9.17) is 21.4 Å². The van der Waals surface area contributed by atoms with Crippen molar-refractivity contribution in [2.45, 2.75) is 13.5 Å². The molecule has 2 aromatic carbocycles. The lowest BCUT2D eigenvalue weighted by atomic mass is 10.1. The Morgan fingerprint density at radius 3 is 2.62 bits per heavy atom. The molecule has 0 bridgehead atoms. The second kappa shape index (κ2) is 8.93. The van der Waals surface area contributed by atoms with Gasteiger partial charge in [-0.25, -0.2) is 4.79 Å². The lowest BCUT2D eigenvalue weighted by molar-refractivity contribution is -0.117.